The number of hydrogen-bond donors (Lipinski definition) is 1. The van der Waals surface area contributed by atoms with Gasteiger partial charge < -0.3 is 10.5 Å². The molecule has 1 rings (SSSR count). The van der Waals surface area contributed by atoms with Gasteiger partial charge in [0.2, 0.25) is 15.9 Å². The predicted octanol–water partition coefficient (Wildman–Crippen LogP) is -0.164. The van der Waals surface area contributed by atoms with Crippen LogP contribution in [0.1, 0.15) is 5.56 Å². The summed E-state index contributed by atoms with van der Waals surface area (Å²) in [6.07, 6.45) is 0. The van der Waals surface area contributed by atoms with Crippen molar-refractivity contribution in [2.24, 2.45) is 5.73 Å². The Morgan fingerprint density at radius 1 is 1.50 bits per heavy atom. The average Bonchev–Trinajstić information content (AvgIpc) is 2.37. The average molecular weight is 297 g/mol. The maximum atomic E-state index is 12.2. The quantitative estimate of drug-likeness (QED) is 0.702. The first-order chi connectivity index (χ1) is 9.39. The van der Waals surface area contributed by atoms with E-state index in [4.69, 9.17) is 15.7 Å². The highest BCUT2D eigenvalue weighted by Crippen LogP contribution is 2.16. The fourth-order valence-corrected chi connectivity index (χ4v) is 2.93. The predicted molar refractivity (Wildman–Crippen MR) is 72.0 cm³/mol. The third-order valence-corrected chi connectivity index (χ3v) is 4.20. The van der Waals surface area contributed by atoms with Crippen molar-refractivity contribution in [2.45, 2.75) is 5.75 Å². The molecule has 0 aliphatic rings. The van der Waals surface area contributed by atoms with Crippen molar-refractivity contribution in [3.8, 4) is 11.8 Å². The standard InChI is InChI=1S/C12H15N3O4S/c1-19-11-4-2-3-10(7-11)9-20(17,18)15(6-5-13)8-12(14)16/h2-4,7H,6,8-9H2,1H3,(H2,14,16). The van der Waals surface area contributed by atoms with Crippen LogP contribution in [-0.4, -0.2) is 38.8 Å². The lowest BCUT2D eigenvalue weighted by Gasteiger charge is -2.17. The molecular weight excluding hydrogens is 282 g/mol. The van der Waals surface area contributed by atoms with E-state index in [2.05, 4.69) is 0 Å². The van der Waals surface area contributed by atoms with Crippen LogP contribution >= 0.6 is 0 Å². The SMILES string of the molecule is COc1cccc(CS(=O)(=O)N(CC#N)CC(N)=O)c1. The number of sulfonamides is 1. The molecule has 108 valence electrons. The summed E-state index contributed by atoms with van der Waals surface area (Å²) in [5, 5.41) is 8.63. The molecule has 0 aromatic heterocycles. The molecule has 1 amide bonds. The normalized spacial score (nSPS) is 11.1. The first-order valence-electron chi connectivity index (χ1n) is 5.65. The van der Waals surface area contributed by atoms with E-state index in [1.165, 1.54) is 7.11 Å². The molecule has 2 N–H and O–H groups in total. The molecule has 8 heteroatoms. The van der Waals surface area contributed by atoms with Gasteiger partial charge in [-0.25, -0.2) is 8.42 Å². The summed E-state index contributed by atoms with van der Waals surface area (Å²) in [5.74, 6) is -0.618. The maximum absolute atomic E-state index is 12.2. The minimum Gasteiger partial charge on any atom is -0.497 e. The lowest BCUT2D eigenvalue weighted by Crippen LogP contribution is -2.39. The van der Waals surface area contributed by atoms with E-state index in [9.17, 15) is 13.2 Å². The second-order valence-electron chi connectivity index (χ2n) is 4.00. The molecule has 0 unspecified atom stereocenters. The molecule has 0 fully saturated rings. The van der Waals surface area contributed by atoms with E-state index in [1.807, 2.05) is 0 Å². The molecule has 0 saturated heterocycles. The highest BCUT2D eigenvalue weighted by Gasteiger charge is 2.24. The van der Waals surface area contributed by atoms with Gasteiger partial charge in [0, 0.05) is 0 Å². The first-order valence-corrected chi connectivity index (χ1v) is 7.26. The van der Waals surface area contributed by atoms with Gasteiger partial charge in [0.05, 0.1) is 25.5 Å². The Balaban J connectivity index is 2.96. The zero-order valence-electron chi connectivity index (χ0n) is 10.9. The number of carbonyl (C=O) groups is 1. The Labute approximate surface area is 117 Å². The molecular formula is C12H15N3O4S. The van der Waals surface area contributed by atoms with Gasteiger partial charge in [-0.15, -0.1) is 0 Å². The number of nitrogens with zero attached hydrogens (tertiary/aromatic N) is 2. The molecule has 20 heavy (non-hydrogen) atoms. The Morgan fingerprint density at radius 2 is 2.20 bits per heavy atom. The molecule has 1 aromatic rings. The van der Waals surface area contributed by atoms with E-state index in [-0.39, 0.29) is 5.75 Å². The maximum Gasteiger partial charge on any atom is 0.232 e. The van der Waals surface area contributed by atoms with Gasteiger partial charge in [-0.2, -0.15) is 9.57 Å². The summed E-state index contributed by atoms with van der Waals surface area (Å²) in [6, 6.07) is 8.24. The van der Waals surface area contributed by atoms with Crippen molar-refractivity contribution >= 4 is 15.9 Å². The van der Waals surface area contributed by atoms with E-state index in [0.717, 1.165) is 4.31 Å². The number of benzene rings is 1. The van der Waals surface area contributed by atoms with Crippen LogP contribution in [0.15, 0.2) is 24.3 Å². The van der Waals surface area contributed by atoms with E-state index < -0.39 is 29.0 Å². The number of methoxy groups -OCH3 is 1. The fraction of sp³-hybridized carbons (Fsp3) is 0.333. The van der Waals surface area contributed by atoms with Crippen LogP contribution < -0.4 is 10.5 Å². The third-order valence-electron chi connectivity index (χ3n) is 2.46. The molecule has 7 nitrogen and oxygen atoms in total. The number of amides is 1. The molecule has 0 heterocycles. The van der Waals surface area contributed by atoms with Gasteiger partial charge in [0.25, 0.3) is 0 Å². The topological polar surface area (TPSA) is 113 Å². The second-order valence-corrected chi connectivity index (χ2v) is 5.97. The smallest absolute Gasteiger partial charge is 0.232 e. The fourth-order valence-electron chi connectivity index (χ4n) is 1.57. The molecule has 1 aromatic carbocycles. The highest BCUT2D eigenvalue weighted by molar-refractivity contribution is 7.88. The zero-order valence-corrected chi connectivity index (χ0v) is 11.8. The lowest BCUT2D eigenvalue weighted by atomic mass is 10.2. The largest absolute Gasteiger partial charge is 0.497 e. The summed E-state index contributed by atoms with van der Waals surface area (Å²) in [5.41, 5.74) is 5.48. The minimum atomic E-state index is -3.80. The van der Waals surface area contributed by atoms with Gasteiger partial charge >= 0.3 is 0 Å². The Bertz CT molecular complexity index is 622. The number of rotatable bonds is 7. The second kappa shape index (κ2) is 6.88. The van der Waals surface area contributed by atoms with E-state index in [0.29, 0.717) is 11.3 Å². The Morgan fingerprint density at radius 3 is 2.75 bits per heavy atom. The summed E-state index contributed by atoms with van der Waals surface area (Å²) >= 11 is 0. The summed E-state index contributed by atoms with van der Waals surface area (Å²) in [6.45, 7) is -0.935. The molecule has 0 bridgehead atoms. The van der Waals surface area contributed by atoms with Crippen LogP contribution in [-0.2, 0) is 20.6 Å². The van der Waals surface area contributed by atoms with Crippen molar-refractivity contribution < 1.29 is 17.9 Å². The first kappa shape index (κ1) is 15.9. The van der Waals surface area contributed by atoms with Crippen LogP contribution in [0.2, 0.25) is 0 Å². The monoisotopic (exact) mass is 297 g/mol. The van der Waals surface area contributed by atoms with Crippen molar-refractivity contribution in [1.29, 1.82) is 5.26 Å². The summed E-state index contributed by atoms with van der Waals surface area (Å²) in [4.78, 5) is 10.9. The van der Waals surface area contributed by atoms with Crippen LogP contribution in [0, 0.1) is 11.3 Å². The molecule has 0 aliphatic carbocycles. The summed E-state index contributed by atoms with van der Waals surface area (Å²) in [7, 11) is -2.33. The Kier molecular flexibility index (Phi) is 5.49. The molecule has 0 aliphatic heterocycles. The van der Waals surface area contributed by atoms with Gasteiger partial charge in [0.1, 0.15) is 12.3 Å². The molecule has 0 spiro atoms. The lowest BCUT2D eigenvalue weighted by molar-refractivity contribution is -0.118. The number of nitriles is 1. The third kappa shape index (κ3) is 4.53. The molecule has 0 radical (unpaired) electrons. The zero-order chi connectivity index (χ0) is 15.2. The van der Waals surface area contributed by atoms with E-state index >= 15 is 0 Å². The van der Waals surface area contributed by atoms with Crippen LogP contribution in [0.5, 0.6) is 5.75 Å². The van der Waals surface area contributed by atoms with E-state index in [1.54, 1.807) is 30.3 Å². The number of primary amides is 1. The van der Waals surface area contributed by atoms with Gasteiger partial charge in [-0.3, -0.25) is 4.79 Å². The minimum absolute atomic E-state index is 0.334. The molecule has 0 atom stereocenters. The Hall–Kier alpha value is -2.11. The number of hydrogen-bond acceptors (Lipinski definition) is 5. The van der Waals surface area contributed by atoms with Gasteiger partial charge in [-0.05, 0) is 17.7 Å². The number of carbonyl (C=O) groups excluding carboxylic acids is 1. The molecule has 0 saturated carbocycles. The van der Waals surface area contributed by atoms with Crippen molar-refractivity contribution in [3.63, 3.8) is 0 Å². The van der Waals surface area contributed by atoms with Crippen molar-refractivity contribution in [2.75, 3.05) is 20.2 Å². The van der Waals surface area contributed by atoms with Gasteiger partial charge in [0.15, 0.2) is 0 Å². The van der Waals surface area contributed by atoms with Crippen molar-refractivity contribution in [3.05, 3.63) is 29.8 Å². The van der Waals surface area contributed by atoms with Crippen LogP contribution in [0.4, 0.5) is 0 Å². The number of ether oxygens (including phenoxy) is 1. The van der Waals surface area contributed by atoms with Crippen LogP contribution in [0.25, 0.3) is 0 Å². The van der Waals surface area contributed by atoms with Crippen LogP contribution in [0.3, 0.4) is 0 Å². The highest BCUT2D eigenvalue weighted by atomic mass is 32.2. The van der Waals surface area contributed by atoms with Gasteiger partial charge in [-0.1, -0.05) is 12.1 Å². The van der Waals surface area contributed by atoms with Crippen molar-refractivity contribution in [1.82, 2.24) is 4.31 Å². The number of nitrogens with two attached hydrogens (primary N) is 1. The summed E-state index contributed by atoms with van der Waals surface area (Å²) < 4.78 is 30.1.